The van der Waals surface area contributed by atoms with Crippen LogP contribution < -0.4 is 4.74 Å². The Balaban J connectivity index is 1.48. The third-order valence-electron chi connectivity index (χ3n) is 5.78. The van der Waals surface area contributed by atoms with Gasteiger partial charge in [0, 0.05) is 30.4 Å². The Hall–Kier alpha value is -3.58. The molecule has 3 heterocycles. The van der Waals surface area contributed by atoms with E-state index in [0.717, 1.165) is 59.4 Å². The average Bonchev–Trinajstić information content (AvgIpc) is 3.48. The lowest BCUT2D eigenvalue weighted by Crippen LogP contribution is -2.33. The van der Waals surface area contributed by atoms with Gasteiger partial charge in [-0.1, -0.05) is 30.9 Å². The highest BCUT2D eigenvalue weighted by molar-refractivity contribution is 8.18. The van der Waals surface area contributed by atoms with Gasteiger partial charge in [-0.05, 0) is 73.5 Å². The van der Waals surface area contributed by atoms with Gasteiger partial charge in [-0.15, -0.1) is 0 Å². The number of likely N-dealkylation sites (tertiary alicyclic amines) is 1. The predicted octanol–water partition coefficient (Wildman–Crippen LogP) is 5.56. The number of ether oxygens (including phenoxy) is 1. The van der Waals surface area contributed by atoms with Crippen LogP contribution in [0, 0.1) is 0 Å². The first-order valence-electron chi connectivity index (χ1n) is 11.5. The largest absolute Gasteiger partial charge is 0.490 e. The average molecular weight is 471 g/mol. The molecule has 1 fully saturated rings. The zero-order valence-electron chi connectivity index (χ0n) is 18.9. The number of aliphatic imine (C=N–C) groups is 1. The summed E-state index contributed by atoms with van der Waals surface area (Å²) < 4.78 is 7.47. The van der Waals surface area contributed by atoms with Gasteiger partial charge in [-0.3, -0.25) is 4.79 Å². The van der Waals surface area contributed by atoms with Crippen molar-refractivity contribution in [2.75, 3.05) is 19.7 Å². The second-order valence-corrected chi connectivity index (χ2v) is 9.20. The Morgan fingerprint density at radius 3 is 2.53 bits per heavy atom. The summed E-state index contributed by atoms with van der Waals surface area (Å²) in [5, 5.41) is 5.68. The van der Waals surface area contributed by atoms with E-state index in [1.54, 1.807) is 6.08 Å². The molecule has 0 atom stereocenters. The molecule has 6 nitrogen and oxygen atoms in total. The summed E-state index contributed by atoms with van der Waals surface area (Å²) in [5.74, 6) is 0.587. The summed E-state index contributed by atoms with van der Waals surface area (Å²) in [6.07, 6.45) is 9.13. The Kier molecular flexibility index (Phi) is 6.62. The minimum absolute atomic E-state index is 0.183. The molecule has 0 spiro atoms. The van der Waals surface area contributed by atoms with Gasteiger partial charge in [-0.2, -0.15) is 10.1 Å². The molecule has 1 aromatic heterocycles. The lowest BCUT2D eigenvalue weighted by molar-refractivity contribution is -0.113. The van der Waals surface area contributed by atoms with E-state index in [4.69, 9.17) is 9.84 Å². The van der Waals surface area contributed by atoms with Gasteiger partial charge in [0.1, 0.15) is 12.4 Å². The number of hydrogen-bond donors (Lipinski definition) is 0. The van der Waals surface area contributed by atoms with Crippen molar-refractivity contribution in [2.24, 2.45) is 4.99 Å². The van der Waals surface area contributed by atoms with E-state index in [0.29, 0.717) is 11.5 Å². The Morgan fingerprint density at radius 1 is 1.03 bits per heavy atom. The van der Waals surface area contributed by atoms with Crippen molar-refractivity contribution in [3.8, 4) is 22.7 Å². The third kappa shape index (κ3) is 4.84. The number of para-hydroxylation sites is 1. The fraction of sp³-hybridized carbons (Fsp3) is 0.222. The van der Waals surface area contributed by atoms with Gasteiger partial charge >= 0.3 is 0 Å². The summed E-state index contributed by atoms with van der Waals surface area (Å²) in [6.45, 7) is 6.07. The van der Waals surface area contributed by atoms with Crippen LogP contribution in [0.5, 0.6) is 5.75 Å². The number of thioether (sulfide) groups is 1. The number of rotatable bonds is 6. The molecule has 0 N–H and O–H groups in total. The standard InChI is InChI=1S/C27H26N4O2S/c1-2-17-33-23-13-11-20(12-14-23)25-21(19-31(29-25)22-9-5-3-6-10-22)18-24-26(32)28-27(34-24)30-15-7-4-8-16-30/h2-3,5-6,9-14,18-19H,1,4,7-8,15-17H2. The first-order chi connectivity index (χ1) is 16.7. The van der Waals surface area contributed by atoms with Gasteiger partial charge < -0.3 is 9.64 Å². The molecular formula is C27H26N4O2S. The van der Waals surface area contributed by atoms with Crippen LogP contribution in [0.2, 0.25) is 0 Å². The first kappa shape index (κ1) is 22.2. The van der Waals surface area contributed by atoms with E-state index in [1.807, 2.05) is 71.6 Å². The van der Waals surface area contributed by atoms with Gasteiger partial charge in [0.15, 0.2) is 5.17 Å². The smallest absolute Gasteiger partial charge is 0.286 e. The van der Waals surface area contributed by atoms with E-state index >= 15 is 0 Å². The number of amidine groups is 1. The number of benzene rings is 2. The molecule has 2 aromatic carbocycles. The number of amides is 1. The molecule has 7 heteroatoms. The number of carbonyl (C=O) groups is 1. The van der Waals surface area contributed by atoms with Gasteiger partial charge in [0.2, 0.25) is 0 Å². The Bertz CT molecular complexity index is 1240. The predicted molar refractivity (Wildman–Crippen MR) is 138 cm³/mol. The third-order valence-corrected chi connectivity index (χ3v) is 6.83. The van der Waals surface area contributed by atoms with Crippen molar-refractivity contribution in [1.29, 1.82) is 0 Å². The fourth-order valence-electron chi connectivity index (χ4n) is 4.05. The van der Waals surface area contributed by atoms with Gasteiger partial charge in [0.05, 0.1) is 16.3 Å². The monoisotopic (exact) mass is 470 g/mol. The van der Waals surface area contributed by atoms with Crippen LogP contribution >= 0.6 is 11.8 Å². The molecule has 2 aliphatic rings. The second-order valence-electron chi connectivity index (χ2n) is 8.20. The summed E-state index contributed by atoms with van der Waals surface area (Å²) in [5.41, 5.74) is 3.57. The van der Waals surface area contributed by atoms with Crippen LogP contribution in [0.1, 0.15) is 24.8 Å². The van der Waals surface area contributed by atoms with Crippen LogP contribution in [-0.2, 0) is 4.79 Å². The number of carbonyl (C=O) groups excluding carboxylic acids is 1. The molecule has 34 heavy (non-hydrogen) atoms. The number of nitrogens with zero attached hydrogens (tertiary/aromatic N) is 4. The minimum Gasteiger partial charge on any atom is -0.490 e. The maximum absolute atomic E-state index is 12.7. The SMILES string of the molecule is C=CCOc1ccc(-c2nn(-c3ccccc3)cc2C=C2SC(N3CCCCC3)=NC2=O)cc1. The molecule has 0 unspecified atom stereocenters. The molecule has 172 valence electrons. The zero-order chi connectivity index (χ0) is 23.3. The summed E-state index contributed by atoms with van der Waals surface area (Å²) in [4.78, 5) is 19.9. The van der Waals surface area contributed by atoms with Crippen molar-refractivity contribution >= 4 is 28.9 Å². The lowest BCUT2D eigenvalue weighted by Gasteiger charge is -2.27. The molecular weight excluding hydrogens is 444 g/mol. The maximum atomic E-state index is 12.7. The van der Waals surface area contributed by atoms with Crippen LogP contribution in [0.15, 0.2) is 83.3 Å². The highest BCUT2D eigenvalue weighted by atomic mass is 32.2. The molecule has 1 amide bonds. The lowest BCUT2D eigenvalue weighted by atomic mass is 10.1. The second kappa shape index (κ2) is 10.1. The van der Waals surface area contributed by atoms with Crippen LogP contribution in [0.25, 0.3) is 23.0 Å². The summed E-state index contributed by atoms with van der Waals surface area (Å²) >= 11 is 1.46. The molecule has 3 aromatic rings. The van der Waals surface area contributed by atoms with Crippen LogP contribution in [0.3, 0.4) is 0 Å². The highest BCUT2D eigenvalue weighted by Gasteiger charge is 2.27. The van der Waals surface area contributed by atoms with Crippen molar-refractivity contribution in [1.82, 2.24) is 14.7 Å². The highest BCUT2D eigenvalue weighted by Crippen LogP contribution is 2.34. The first-order valence-corrected chi connectivity index (χ1v) is 12.3. The minimum atomic E-state index is -0.183. The van der Waals surface area contributed by atoms with E-state index < -0.39 is 0 Å². The quantitative estimate of drug-likeness (QED) is 0.349. The number of hydrogen-bond acceptors (Lipinski definition) is 5. The zero-order valence-corrected chi connectivity index (χ0v) is 19.7. The van der Waals surface area contributed by atoms with Crippen molar-refractivity contribution in [3.63, 3.8) is 0 Å². The molecule has 5 rings (SSSR count). The summed E-state index contributed by atoms with van der Waals surface area (Å²) in [7, 11) is 0. The van der Waals surface area contributed by atoms with E-state index in [-0.39, 0.29) is 5.91 Å². The van der Waals surface area contributed by atoms with Crippen molar-refractivity contribution in [3.05, 3.63) is 83.9 Å². The Morgan fingerprint density at radius 2 is 1.79 bits per heavy atom. The van der Waals surface area contributed by atoms with Crippen molar-refractivity contribution < 1.29 is 9.53 Å². The maximum Gasteiger partial charge on any atom is 0.286 e. The van der Waals surface area contributed by atoms with Crippen LogP contribution in [0.4, 0.5) is 0 Å². The molecule has 1 saturated heterocycles. The topological polar surface area (TPSA) is 59.7 Å². The van der Waals surface area contributed by atoms with E-state index in [1.165, 1.54) is 18.2 Å². The molecule has 0 radical (unpaired) electrons. The van der Waals surface area contributed by atoms with Gasteiger partial charge in [-0.25, -0.2) is 4.68 Å². The molecule has 2 aliphatic heterocycles. The van der Waals surface area contributed by atoms with E-state index in [2.05, 4.69) is 16.5 Å². The normalized spacial score (nSPS) is 17.2. The van der Waals surface area contributed by atoms with Crippen molar-refractivity contribution in [2.45, 2.75) is 19.3 Å². The fourth-order valence-corrected chi connectivity index (χ4v) is 5.01. The summed E-state index contributed by atoms with van der Waals surface area (Å²) in [6, 6.07) is 17.8. The molecule has 0 bridgehead atoms. The number of aromatic nitrogens is 2. The van der Waals surface area contributed by atoms with Crippen LogP contribution in [-0.4, -0.2) is 45.5 Å². The van der Waals surface area contributed by atoms with Gasteiger partial charge in [0.25, 0.3) is 5.91 Å². The molecule has 0 saturated carbocycles. The van der Waals surface area contributed by atoms with E-state index in [9.17, 15) is 4.79 Å². The molecule has 0 aliphatic carbocycles. The number of piperidine rings is 1. The Labute approximate surface area is 203 Å².